The van der Waals surface area contributed by atoms with Crippen LogP contribution >= 0.6 is 0 Å². The summed E-state index contributed by atoms with van der Waals surface area (Å²) in [4.78, 5) is 18.1. The number of pyridine rings is 1. The van der Waals surface area contributed by atoms with Crippen LogP contribution in [0.1, 0.15) is 21.8 Å². The van der Waals surface area contributed by atoms with Gasteiger partial charge in [-0.25, -0.2) is 8.78 Å². The van der Waals surface area contributed by atoms with Gasteiger partial charge in [0.25, 0.3) is 5.91 Å². The second-order valence-corrected chi connectivity index (χ2v) is 5.16. The summed E-state index contributed by atoms with van der Waals surface area (Å²) in [5, 5.41) is 0. The zero-order chi connectivity index (χ0) is 16.9. The molecule has 6 heteroatoms. The summed E-state index contributed by atoms with van der Waals surface area (Å²) < 4.78 is 33.2. The Kier molecular flexibility index (Phi) is 4.65. The first-order valence-corrected chi connectivity index (χ1v) is 7.30. The lowest BCUT2D eigenvalue weighted by Gasteiger charge is -2.22. The lowest BCUT2D eigenvalue weighted by Crippen LogP contribution is -2.31. The zero-order valence-electron chi connectivity index (χ0n) is 12.7. The normalized spacial score (nSPS) is 10.6. The van der Waals surface area contributed by atoms with Crippen LogP contribution in [0.4, 0.5) is 8.78 Å². The SMILES string of the molecule is O=C(c1c(F)cccc1F)N(Cc1ccccn1)Cc1ccco1. The Morgan fingerprint density at radius 3 is 2.42 bits per heavy atom. The Balaban J connectivity index is 1.92. The van der Waals surface area contributed by atoms with E-state index in [2.05, 4.69) is 4.98 Å². The minimum atomic E-state index is -0.898. The Morgan fingerprint density at radius 1 is 1.00 bits per heavy atom. The fraction of sp³-hybridized carbons (Fsp3) is 0.111. The summed E-state index contributed by atoms with van der Waals surface area (Å²) in [6, 6.07) is 12.0. The van der Waals surface area contributed by atoms with Crippen molar-refractivity contribution in [3.8, 4) is 0 Å². The molecule has 0 bridgehead atoms. The summed E-state index contributed by atoms with van der Waals surface area (Å²) in [5.74, 6) is -2.04. The van der Waals surface area contributed by atoms with Gasteiger partial charge in [-0.05, 0) is 36.4 Å². The van der Waals surface area contributed by atoms with E-state index in [1.165, 1.54) is 17.2 Å². The van der Waals surface area contributed by atoms with Crippen molar-refractivity contribution in [1.29, 1.82) is 0 Å². The minimum Gasteiger partial charge on any atom is -0.467 e. The number of hydrogen-bond acceptors (Lipinski definition) is 3. The number of amides is 1. The number of carbonyl (C=O) groups excluding carboxylic acids is 1. The molecule has 0 spiro atoms. The summed E-state index contributed by atoms with van der Waals surface area (Å²) in [7, 11) is 0. The number of benzene rings is 1. The zero-order valence-corrected chi connectivity index (χ0v) is 12.7. The van der Waals surface area contributed by atoms with E-state index in [4.69, 9.17) is 4.42 Å². The van der Waals surface area contributed by atoms with E-state index in [-0.39, 0.29) is 13.1 Å². The highest BCUT2D eigenvalue weighted by molar-refractivity contribution is 5.94. The third-order valence-electron chi connectivity index (χ3n) is 3.47. The average molecular weight is 328 g/mol. The van der Waals surface area contributed by atoms with Gasteiger partial charge in [-0.1, -0.05) is 12.1 Å². The van der Waals surface area contributed by atoms with E-state index >= 15 is 0 Å². The van der Waals surface area contributed by atoms with E-state index in [1.807, 2.05) is 0 Å². The predicted octanol–water partition coefficient (Wildman–Crippen LogP) is 3.80. The standard InChI is InChI=1S/C18H14F2N2O2/c19-15-7-3-8-16(20)17(15)18(23)22(12-14-6-4-10-24-14)11-13-5-1-2-9-21-13/h1-10H,11-12H2. The molecule has 0 fully saturated rings. The lowest BCUT2D eigenvalue weighted by molar-refractivity contribution is 0.0705. The predicted molar refractivity (Wildman–Crippen MR) is 82.9 cm³/mol. The molecule has 2 aromatic heterocycles. The highest BCUT2D eigenvalue weighted by atomic mass is 19.1. The van der Waals surface area contributed by atoms with Gasteiger partial charge in [0.15, 0.2) is 0 Å². The van der Waals surface area contributed by atoms with E-state index in [0.717, 1.165) is 12.1 Å². The molecular formula is C18H14F2N2O2. The maximum Gasteiger partial charge on any atom is 0.260 e. The fourth-order valence-corrected chi connectivity index (χ4v) is 2.34. The summed E-state index contributed by atoms with van der Waals surface area (Å²) in [6.45, 7) is 0.185. The van der Waals surface area contributed by atoms with Crippen LogP contribution in [0.3, 0.4) is 0 Å². The monoisotopic (exact) mass is 328 g/mol. The van der Waals surface area contributed by atoms with Crippen molar-refractivity contribution in [2.75, 3.05) is 0 Å². The molecule has 0 N–H and O–H groups in total. The van der Waals surface area contributed by atoms with Gasteiger partial charge in [-0.15, -0.1) is 0 Å². The van der Waals surface area contributed by atoms with Crippen LogP contribution in [0.2, 0.25) is 0 Å². The minimum absolute atomic E-state index is 0.0795. The van der Waals surface area contributed by atoms with Gasteiger partial charge in [0, 0.05) is 6.20 Å². The van der Waals surface area contributed by atoms with Gasteiger partial charge in [-0.3, -0.25) is 9.78 Å². The van der Waals surface area contributed by atoms with Gasteiger partial charge >= 0.3 is 0 Å². The number of halogens is 2. The van der Waals surface area contributed by atoms with Crippen LogP contribution in [0, 0.1) is 11.6 Å². The number of carbonyl (C=O) groups is 1. The first kappa shape index (κ1) is 15.9. The maximum absolute atomic E-state index is 14.0. The summed E-state index contributed by atoms with van der Waals surface area (Å²) in [5.41, 5.74) is 0.0224. The van der Waals surface area contributed by atoms with E-state index in [9.17, 15) is 13.6 Å². The van der Waals surface area contributed by atoms with Crippen LogP contribution in [-0.2, 0) is 13.1 Å². The highest BCUT2D eigenvalue weighted by Crippen LogP contribution is 2.18. The summed E-state index contributed by atoms with van der Waals surface area (Å²) in [6.07, 6.45) is 3.07. The Labute approximate surface area is 137 Å². The molecule has 3 aromatic rings. The fourth-order valence-electron chi connectivity index (χ4n) is 2.34. The van der Waals surface area contributed by atoms with Gasteiger partial charge in [0.05, 0.1) is 25.0 Å². The van der Waals surface area contributed by atoms with Crippen molar-refractivity contribution in [3.63, 3.8) is 0 Å². The number of hydrogen-bond donors (Lipinski definition) is 0. The van der Waals surface area contributed by atoms with Crippen molar-refractivity contribution < 1.29 is 18.0 Å². The lowest BCUT2D eigenvalue weighted by atomic mass is 10.1. The molecule has 0 aliphatic rings. The molecule has 4 nitrogen and oxygen atoms in total. The van der Waals surface area contributed by atoms with Crippen LogP contribution in [0.5, 0.6) is 0 Å². The highest BCUT2D eigenvalue weighted by Gasteiger charge is 2.24. The molecule has 122 valence electrons. The maximum atomic E-state index is 14.0. The molecule has 1 aromatic carbocycles. The molecule has 0 atom stereocenters. The van der Waals surface area contributed by atoms with Gasteiger partial charge < -0.3 is 9.32 Å². The second-order valence-electron chi connectivity index (χ2n) is 5.16. The van der Waals surface area contributed by atoms with Crippen molar-refractivity contribution in [1.82, 2.24) is 9.88 Å². The molecule has 0 radical (unpaired) electrons. The summed E-state index contributed by atoms with van der Waals surface area (Å²) >= 11 is 0. The van der Waals surface area contributed by atoms with Crippen molar-refractivity contribution >= 4 is 5.91 Å². The van der Waals surface area contributed by atoms with Crippen LogP contribution in [0.15, 0.2) is 65.4 Å². The third-order valence-corrected chi connectivity index (χ3v) is 3.47. The third kappa shape index (κ3) is 3.48. The first-order chi connectivity index (χ1) is 11.6. The average Bonchev–Trinajstić information content (AvgIpc) is 3.08. The molecule has 3 rings (SSSR count). The Hall–Kier alpha value is -3.02. The van der Waals surface area contributed by atoms with Crippen molar-refractivity contribution in [2.45, 2.75) is 13.1 Å². The topological polar surface area (TPSA) is 46.3 Å². The molecule has 2 heterocycles. The van der Waals surface area contributed by atoms with Crippen LogP contribution in [-0.4, -0.2) is 15.8 Å². The van der Waals surface area contributed by atoms with Crippen LogP contribution in [0.25, 0.3) is 0 Å². The second kappa shape index (κ2) is 7.04. The van der Waals surface area contributed by atoms with Crippen molar-refractivity contribution in [3.05, 3.63) is 89.6 Å². The molecule has 1 amide bonds. The Bertz CT molecular complexity index is 800. The van der Waals surface area contributed by atoms with E-state index in [0.29, 0.717) is 11.5 Å². The van der Waals surface area contributed by atoms with Gasteiger partial charge in [0.2, 0.25) is 0 Å². The molecular weight excluding hydrogens is 314 g/mol. The molecule has 0 aliphatic heterocycles. The number of aromatic nitrogens is 1. The number of nitrogens with zero attached hydrogens (tertiary/aromatic N) is 2. The first-order valence-electron chi connectivity index (χ1n) is 7.30. The quantitative estimate of drug-likeness (QED) is 0.716. The molecule has 24 heavy (non-hydrogen) atoms. The molecule has 0 aliphatic carbocycles. The van der Waals surface area contributed by atoms with E-state index < -0.39 is 23.1 Å². The molecule has 0 unspecified atom stereocenters. The molecule has 0 saturated heterocycles. The number of rotatable bonds is 5. The largest absolute Gasteiger partial charge is 0.467 e. The van der Waals surface area contributed by atoms with Crippen molar-refractivity contribution in [2.24, 2.45) is 0 Å². The Morgan fingerprint density at radius 2 is 1.79 bits per heavy atom. The van der Waals surface area contributed by atoms with E-state index in [1.54, 1.807) is 36.5 Å². The molecule has 0 saturated carbocycles. The number of furan rings is 1. The smallest absolute Gasteiger partial charge is 0.260 e. The van der Waals surface area contributed by atoms with Gasteiger partial charge in [0.1, 0.15) is 23.0 Å². The van der Waals surface area contributed by atoms with Gasteiger partial charge in [-0.2, -0.15) is 0 Å². The van der Waals surface area contributed by atoms with Crippen LogP contribution < -0.4 is 0 Å².